The van der Waals surface area contributed by atoms with Crippen LogP contribution in [0, 0.1) is 0 Å². The van der Waals surface area contributed by atoms with Gasteiger partial charge in [0.1, 0.15) is 6.04 Å². The van der Waals surface area contributed by atoms with Gasteiger partial charge >= 0.3 is 5.97 Å². The van der Waals surface area contributed by atoms with Crippen LogP contribution < -0.4 is 5.32 Å². The quantitative estimate of drug-likeness (QED) is 0.829. The zero-order valence-corrected chi connectivity index (χ0v) is 11.2. The van der Waals surface area contributed by atoms with E-state index in [0.717, 1.165) is 23.9 Å². The van der Waals surface area contributed by atoms with Crippen molar-refractivity contribution in [2.45, 2.75) is 32.2 Å². The molecule has 1 aromatic carbocycles. The topological polar surface area (TPSA) is 49.3 Å². The van der Waals surface area contributed by atoms with E-state index in [9.17, 15) is 9.90 Å². The van der Waals surface area contributed by atoms with Crippen molar-refractivity contribution in [2.75, 3.05) is 5.32 Å². The summed E-state index contributed by atoms with van der Waals surface area (Å²) in [5, 5.41) is 15.5. The van der Waals surface area contributed by atoms with Crippen molar-refractivity contribution in [2.24, 2.45) is 0 Å². The Kier molecular flexibility index (Phi) is 4.20. The van der Waals surface area contributed by atoms with Gasteiger partial charge in [0.05, 0.1) is 0 Å². The molecule has 0 fully saturated rings. The summed E-state index contributed by atoms with van der Waals surface area (Å²) in [6, 6.07) is 7.53. The van der Waals surface area contributed by atoms with E-state index < -0.39 is 12.0 Å². The first-order valence-corrected chi connectivity index (χ1v) is 7.05. The predicted molar refractivity (Wildman–Crippen MR) is 76.4 cm³/mol. The highest BCUT2D eigenvalue weighted by atomic mass is 32.1. The van der Waals surface area contributed by atoms with Crippen LogP contribution in [0.3, 0.4) is 0 Å². The number of carboxylic acids is 1. The van der Waals surface area contributed by atoms with Crippen molar-refractivity contribution < 1.29 is 9.90 Å². The molecular weight excluding hydrogens is 246 g/mol. The van der Waals surface area contributed by atoms with Gasteiger partial charge < -0.3 is 10.4 Å². The van der Waals surface area contributed by atoms with Crippen molar-refractivity contribution in [3.05, 3.63) is 29.6 Å². The molecule has 0 aliphatic heterocycles. The minimum atomic E-state index is -0.783. The lowest BCUT2D eigenvalue weighted by Crippen LogP contribution is -2.29. The lowest BCUT2D eigenvalue weighted by molar-refractivity contribution is -0.138. The third-order valence-corrected chi connectivity index (χ3v) is 3.84. The highest BCUT2D eigenvalue weighted by molar-refractivity contribution is 7.17. The average Bonchev–Trinajstić information content (AvgIpc) is 2.81. The molecule has 1 atom stereocenters. The van der Waals surface area contributed by atoms with E-state index in [-0.39, 0.29) is 0 Å². The molecule has 0 amide bonds. The number of hydrogen-bond donors (Lipinski definition) is 2. The number of rotatable bonds is 6. The second-order valence-corrected chi connectivity index (χ2v) is 5.30. The van der Waals surface area contributed by atoms with Gasteiger partial charge in [0.15, 0.2) is 0 Å². The van der Waals surface area contributed by atoms with Crippen LogP contribution in [0.15, 0.2) is 29.6 Å². The molecule has 0 spiro atoms. The molecule has 2 rings (SSSR count). The Labute approximate surface area is 110 Å². The van der Waals surface area contributed by atoms with Gasteiger partial charge in [-0.1, -0.05) is 19.8 Å². The largest absolute Gasteiger partial charge is 0.480 e. The van der Waals surface area contributed by atoms with Gasteiger partial charge in [-0.2, -0.15) is 0 Å². The number of benzene rings is 1. The summed E-state index contributed by atoms with van der Waals surface area (Å²) >= 11 is 1.69. The van der Waals surface area contributed by atoms with E-state index in [4.69, 9.17) is 0 Å². The SMILES string of the molecule is CCCCC(Nc1ccc2sccc2c1)C(=O)O. The molecule has 1 heterocycles. The van der Waals surface area contributed by atoms with Gasteiger partial charge in [0.2, 0.25) is 0 Å². The molecule has 2 aromatic rings. The van der Waals surface area contributed by atoms with Crippen molar-refractivity contribution in [3.8, 4) is 0 Å². The summed E-state index contributed by atoms with van der Waals surface area (Å²) in [4.78, 5) is 11.2. The number of thiophene rings is 1. The Hall–Kier alpha value is -1.55. The summed E-state index contributed by atoms with van der Waals surface area (Å²) in [7, 11) is 0. The Bertz CT molecular complexity index is 535. The molecule has 2 N–H and O–H groups in total. The number of carboxylic acid groups (broad SMARTS) is 1. The average molecular weight is 263 g/mol. The maximum absolute atomic E-state index is 11.2. The minimum Gasteiger partial charge on any atom is -0.480 e. The van der Waals surface area contributed by atoms with Gasteiger partial charge in [-0.25, -0.2) is 4.79 Å². The standard InChI is InChI=1S/C14H17NO2S/c1-2-3-4-12(14(16)17)15-11-5-6-13-10(9-11)7-8-18-13/h5-9,12,15H,2-4H2,1H3,(H,16,17). The third-order valence-electron chi connectivity index (χ3n) is 2.94. The highest BCUT2D eigenvalue weighted by Gasteiger charge is 2.16. The van der Waals surface area contributed by atoms with E-state index in [2.05, 4.69) is 12.2 Å². The Morgan fingerprint density at radius 2 is 2.28 bits per heavy atom. The molecule has 1 aromatic heterocycles. The van der Waals surface area contributed by atoms with Crippen LogP contribution in [-0.4, -0.2) is 17.1 Å². The normalized spacial score (nSPS) is 12.5. The molecule has 0 saturated heterocycles. The molecule has 18 heavy (non-hydrogen) atoms. The molecule has 1 unspecified atom stereocenters. The molecule has 96 valence electrons. The fraction of sp³-hybridized carbons (Fsp3) is 0.357. The molecule has 4 heteroatoms. The summed E-state index contributed by atoms with van der Waals surface area (Å²) in [5.74, 6) is -0.783. The Morgan fingerprint density at radius 3 is 3.00 bits per heavy atom. The van der Waals surface area contributed by atoms with Crippen LogP contribution in [0.5, 0.6) is 0 Å². The first-order valence-electron chi connectivity index (χ1n) is 6.17. The number of aliphatic carboxylic acids is 1. The molecule has 0 radical (unpaired) electrons. The number of hydrogen-bond acceptors (Lipinski definition) is 3. The van der Waals surface area contributed by atoms with E-state index in [1.165, 1.54) is 4.70 Å². The summed E-state index contributed by atoms with van der Waals surface area (Å²) in [6.07, 6.45) is 2.59. The van der Waals surface area contributed by atoms with Crippen molar-refractivity contribution in [3.63, 3.8) is 0 Å². The first kappa shape index (κ1) is 12.9. The fourth-order valence-electron chi connectivity index (χ4n) is 1.92. The van der Waals surface area contributed by atoms with E-state index in [1.807, 2.05) is 29.6 Å². The lowest BCUT2D eigenvalue weighted by atomic mass is 10.1. The zero-order chi connectivity index (χ0) is 13.0. The molecular formula is C14H17NO2S. The monoisotopic (exact) mass is 263 g/mol. The summed E-state index contributed by atoms with van der Waals surface area (Å²) < 4.78 is 1.22. The van der Waals surface area contributed by atoms with Gasteiger partial charge in [-0.3, -0.25) is 0 Å². The number of carbonyl (C=O) groups is 1. The van der Waals surface area contributed by atoms with E-state index in [0.29, 0.717) is 6.42 Å². The van der Waals surface area contributed by atoms with Gasteiger partial charge in [-0.05, 0) is 41.5 Å². The summed E-state index contributed by atoms with van der Waals surface area (Å²) in [5.41, 5.74) is 0.879. The maximum atomic E-state index is 11.2. The molecule has 0 saturated carbocycles. The third kappa shape index (κ3) is 3.01. The Morgan fingerprint density at radius 1 is 1.44 bits per heavy atom. The number of nitrogens with one attached hydrogen (secondary N) is 1. The number of fused-ring (bicyclic) bond motifs is 1. The second-order valence-electron chi connectivity index (χ2n) is 4.35. The fourth-order valence-corrected chi connectivity index (χ4v) is 2.69. The van der Waals surface area contributed by atoms with Crippen LogP contribution in [0.2, 0.25) is 0 Å². The van der Waals surface area contributed by atoms with Crippen LogP contribution in [0.1, 0.15) is 26.2 Å². The van der Waals surface area contributed by atoms with Crippen LogP contribution in [0.4, 0.5) is 5.69 Å². The van der Waals surface area contributed by atoms with E-state index >= 15 is 0 Å². The van der Waals surface area contributed by atoms with E-state index in [1.54, 1.807) is 11.3 Å². The highest BCUT2D eigenvalue weighted by Crippen LogP contribution is 2.24. The molecule has 0 aliphatic rings. The molecule has 3 nitrogen and oxygen atoms in total. The maximum Gasteiger partial charge on any atom is 0.326 e. The van der Waals surface area contributed by atoms with Crippen molar-refractivity contribution in [1.29, 1.82) is 0 Å². The lowest BCUT2D eigenvalue weighted by Gasteiger charge is -2.15. The predicted octanol–water partition coefficient (Wildman–Crippen LogP) is 3.96. The smallest absolute Gasteiger partial charge is 0.326 e. The van der Waals surface area contributed by atoms with Crippen molar-refractivity contribution >= 4 is 33.1 Å². The van der Waals surface area contributed by atoms with Crippen molar-refractivity contribution in [1.82, 2.24) is 0 Å². The van der Waals surface area contributed by atoms with Crippen LogP contribution in [0.25, 0.3) is 10.1 Å². The molecule has 0 aliphatic carbocycles. The van der Waals surface area contributed by atoms with Gasteiger partial charge in [-0.15, -0.1) is 11.3 Å². The Balaban J connectivity index is 2.11. The number of unbranched alkanes of at least 4 members (excludes halogenated alkanes) is 1. The summed E-state index contributed by atoms with van der Waals surface area (Å²) in [6.45, 7) is 2.07. The van der Waals surface area contributed by atoms with Crippen LogP contribution >= 0.6 is 11.3 Å². The zero-order valence-electron chi connectivity index (χ0n) is 10.3. The first-order chi connectivity index (χ1) is 8.70. The molecule has 0 bridgehead atoms. The van der Waals surface area contributed by atoms with Gasteiger partial charge in [0.25, 0.3) is 0 Å². The number of anilines is 1. The van der Waals surface area contributed by atoms with Crippen LogP contribution in [-0.2, 0) is 4.79 Å². The van der Waals surface area contributed by atoms with Gasteiger partial charge in [0, 0.05) is 10.4 Å². The minimum absolute atomic E-state index is 0.499. The second kappa shape index (κ2) is 5.87.